The number of carbonyl (C=O) groups excluding carboxylic acids is 2. The number of nitrogens with zero attached hydrogens (tertiary/aromatic N) is 2. The Labute approximate surface area is 187 Å². The molecule has 1 aliphatic rings. The molecule has 0 saturated carbocycles. The molecule has 2 aromatic carbocycles. The molecule has 1 aromatic heterocycles. The van der Waals surface area contributed by atoms with Gasteiger partial charge in [0.1, 0.15) is 5.82 Å². The second kappa shape index (κ2) is 8.70. The summed E-state index contributed by atoms with van der Waals surface area (Å²) in [5, 5.41) is 0. The molecule has 1 aliphatic heterocycles. The highest BCUT2D eigenvalue weighted by molar-refractivity contribution is 9.10. The van der Waals surface area contributed by atoms with Gasteiger partial charge in [-0.25, -0.2) is 4.39 Å². The average Bonchev–Trinajstić information content (AvgIpc) is 3.24. The third-order valence-corrected chi connectivity index (χ3v) is 6.86. The van der Waals surface area contributed by atoms with E-state index in [-0.39, 0.29) is 11.7 Å². The van der Waals surface area contributed by atoms with E-state index >= 15 is 0 Å². The molecule has 0 atom stereocenters. The first kappa shape index (κ1) is 20.8. The molecule has 0 spiro atoms. The van der Waals surface area contributed by atoms with Crippen LogP contribution in [0.3, 0.4) is 0 Å². The molecule has 0 aliphatic carbocycles. The molecule has 154 valence electrons. The molecule has 30 heavy (non-hydrogen) atoms. The summed E-state index contributed by atoms with van der Waals surface area (Å²) in [5.41, 5.74) is 1.92. The quantitative estimate of drug-likeness (QED) is 0.458. The first-order valence-electron chi connectivity index (χ1n) is 9.63. The van der Waals surface area contributed by atoms with E-state index in [1.807, 2.05) is 46.2 Å². The van der Waals surface area contributed by atoms with E-state index < -0.39 is 5.82 Å². The van der Waals surface area contributed by atoms with Gasteiger partial charge in [-0.1, -0.05) is 28.1 Å². The van der Waals surface area contributed by atoms with E-state index in [0.717, 1.165) is 14.9 Å². The van der Waals surface area contributed by atoms with Crippen LogP contribution in [0.4, 0.5) is 10.1 Å². The minimum atomic E-state index is -0.403. The lowest BCUT2D eigenvalue weighted by molar-refractivity contribution is 0.0751. The van der Waals surface area contributed by atoms with Gasteiger partial charge in [-0.05, 0) is 55.0 Å². The van der Waals surface area contributed by atoms with Crippen LogP contribution in [-0.2, 0) is 0 Å². The number of amides is 1. The third kappa shape index (κ3) is 4.32. The van der Waals surface area contributed by atoms with Gasteiger partial charge in [0.2, 0.25) is 0 Å². The van der Waals surface area contributed by atoms with Crippen molar-refractivity contribution >= 4 is 44.6 Å². The highest BCUT2D eigenvalue weighted by atomic mass is 79.9. The predicted molar refractivity (Wildman–Crippen MR) is 122 cm³/mol. The van der Waals surface area contributed by atoms with Crippen molar-refractivity contribution in [2.45, 2.75) is 6.92 Å². The summed E-state index contributed by atoms with van der Waals surface area (Å²) in [4.78, 5) is 29.8. The van der Waals surface area contributed by atoms with Crippen molar-refractivity contribution in [3.05, 3.63) is 75.3 Å². The summed E-state index contributed by atoms with van der Waals surface area (Å²) in [6, 6.07) is 16.4. The van der Waals surface area contributed by atoms with Gasteiger partial charge in [0.15, 0.2) is 5.78 Å². The lowest BCUT2D eigenvalue weighted by Gasteiger charge is -2.36. The molecule has 0 unspecified atom stereocenters. The highest BCUT2D eigenvalue weighted by Crippen LogP contribution is 2.30. The maximum atomic E-state index is 14.4. The summed E-state index contributed by atoms with van der Waals surface area (Å²) < 4.78 is 15.4. The Hall–Kier alpha value is -2.51. The van der Waals surface area contributed by atoms with Crippen molar-refractivity contribution in [2.75, 3.05) is 31.1 Å². The molecule has 0 radical (unpaired) electrons. The largest absolute Gasteiger partial charge is 0.366 e. The van der Waals surface area contributed by atoms with E-state index in [1.54, 1.807) is 12.1 Å². The topological polar surface area (TPSA) is 40.6 Å². The normalized spacial score (nSPS) is 14.1. The standard InChI is InChI=1S/C23H20BrFN2O2S/c1-15(28)17-4-7-20(19(25)14-17)26-10-12-27(13-11-26)23(29)22-9-8-21(30-22)16-2-5-18(24)6-3-16/h2-9,14H,10-13H2,1H3. The van der Waals surface area contributed by atoms with Gasteiger partial charge in [-0.2, -0.15) is 0 Å². The van der Waals surface area contributed by atoms with Crippen LogP contribution in [0.15, 0.2) is 59.1 Å². The first-order chi connectivity index (χ1) is 14.4. The SMILES string of the molecule is CC(=O)c1ccc(N2CCN(C(=O)c3ccc(-c4ccc(Br)cc4)s3)CC2)c(F)c1. The molecular formula is C23H20BrFN2O2S. The van der Waals surface area contributed by atoms with Crippen LogP contribution in [0.2, 0.25) is 0 Å². The van der Waals surface area contributed by atoms with E-state index in [4.69, 9.17) is 0 Å². The maximum Gasteiger partial charge on any atom is 0.264 e. The summed E-state index contributed by atoms with van der Waals surface area (Å²) in [6.07, 6.45) is 0. The summed E-state index contributed by atoms with van der Waals surface area (Å²) in [5.74, 6) is -0.551. The van der Waals surface area contributed by atoms with Crippen LogP contribution in [0, 0.1) is 5.82 Å². The predicted octanol–water partition coefficient (Wildman–Crippen LogP) is 5.48. The van der Waals surface area contributed by atoms with Crippen LogP contribution >= 0.6 is 27.3 Å². The number of carbonyl (C=O) groups is 2. The highest BCUT2D eigenvalue weighted by Gasteiger charge is 2.25. The number of halogens is 2. The van der Waals surface area contributed by atoms with Gasteiger partial charge in [0, 0.05) is 41.1 Å². The maximum absolute atomic E-state index is 14.4. The van der Waals surface area contributed by atoms with Gasteiger partial charge >= 0.3 is 0 Å². The molecule has 0 N–H and O–H groups in total. The van der Waals surface area contributed by atoms with Gasteiger partial charge in [-0.15, -0.1) is 11.3 Å². The number of benzene rings is 2. The van der Waals surface area contributed by atoms with E-state index in [1.165, 1.54) is 24.3 Å². The Morgan fingerprint density at radius 1 is 0.967 bits per heavy atom. The number of hydrogen-bond donors (Lipinski definition) is 0. The number of thiophene rings is 1. The Balaban J connectivity index is 1.41. The number of piperazine rings is 1. The number of Topliss-reactive ketones (excluding diaryl/α,β-unsaturated/α-hetero) is 1. The van der Waals surface area contributed by atoms with Gasteiger partial charge in [0.05, 0.1) is 10.6 Å². The molecule has 3 aromatic rings. The second-order valence-electron chi connectivity index (χ2n) is 7.17. The monoisotopic (exact) mass is 486 g/mol. The smallest absolute Gasteiger partial charge is 0.264 e. The lowest BCUT2D eigenvalue weighted by atomic mass is 10.1. The Morgan fingerprint density at radius 2 is 1.67 bits per heavy atom. The second-order valence-corrected chi connectivity index (χ2v) is 9.17. The zero-order valence-electron chi connectivity index (χ0n) is 16.4. The minimum Gasteiger partial charge on any atom is -0.366 e. The first-order valence-corrected chi connectivity index (χ1v) is 11.2. The zero-order valence-corrected chi connectivity index (χ0v) is 18.8. The molecule has 4 rings (SSSR count). The fourth-order valence-electron chi connectivity index (χ4n) is 3.51. The molecule has 2 heterocycles. The van der Waals surface area contributed by atoms with Crippen LogP contribution in [0.25, 0.3) is 10.4 Å². The summed E-state index contributed by atoms with van der Waals surface area (Å²) in [6.45, 7) is 3.57. The third-order valence-electron chi connectivity index (χ3n) is 5.21. The Bertz CT molecular complexity index is 1090. The Morgan fingerprint density at radius 3 is 2.30 bits per heavy atom. The minimum absolute atomic E-state index is 0.00964. The van der Waals surface area contributed by atoms with Crippen molar-refractivity contribution in [1.29, 1.82) is 0 Å². The summed E-state index contributed by atoms with van der Waals surface area (Å²) in [7, 11) is 0. The molecule has 7 heteroatoms. The number of rotatable bonds is 4. The van der Waals surface area contributed by atoms with Crippen molar-refractivity contribution in [1.82, 2.24) is 4.90 Å². The molecule has 1 fully saturated rings. The summed E-state index contributed by atoms with van der Waals surface area (Å²) >= 11 is 4.92. The van der Waals surface area contributed by atoms with E-state index in [2.05, 4.69) is 15.9 Å². The molecular weight excluding hydrogens is 467 g/mol. The number of hydrogen-bond acceptors (Lipinski definition) is 4. The van der Waals surface area contributed by atoms with Gasteiger partial charge in [0.25, 0.3) is 5.91 Å². The van der Waals surface area contributed by atoms with Crippen molar-refractivity contribution in [3.8, 4) is 10.4 Å². The van der Waals surface area contributed by atoms with Crippen molar-refractivity contribution < 1.29 is 14.0 Å². The van der Waals surface area contributed by atoms with Gasteiger partial charge < -0.3 is 9.80 Å². The molecule has 0 bridgehead atoms. The van der Waals surface area contributed by atoms with Crippen molar-refractivity contribution in [3.63, 3.8) is 0 Å². The van der Waals surface area contributed by atoms with Crippen LogP contribution in [0.5, 0.6) is 0 Å². The zero-order chi connectivity index (χ0) is 21.3. The van der Waals surface area contributed by atoms with Crippen LogP contribution < -0.4 is 4.90 Å². The fraction of sp³-hybridized carbons (Fsp3) is 0.217. The van der Waals surface area contributed by atoms with Gasteiger partial charge in [-0.3, -0.25) is 9.59 Å². The molecule has 4 nitrogen and oxygen atoms in total. The lowest BCUT2D eigenvalue weighted by Crippen LogP contribution is -2.48. The average molecular weight is 487 g/mol. The van der Waals surface area contributed by atoms with Crippen molar-refractivity contribution in [2.24, 2.45) is 0 Å². The van der Waals surface area contributed by atoms with E-state index in [0.29, 0.717) is 42.3 Å². The van der Waals surface area contributed by atoms with Crippen LogP contribution in [-0.4, -0.2) is 42.8 Å². The number of ketones is 1. The van der Waals surface area contributed by atoms with E-state index in [9.17, 15) is 14.0 Å². The number of anilines is 1. The molecule has 1 amide bonds. The fourth-order valence-corrected chi connectivity index (χ4v) is 4.75. The molecule has 1 saturated heterocycles. The van der Waals surface area contributed by atoms with Crippen LogP contribution in [0.1, 0.15) is 27.0 Å². The Kier molecular flexibility index (Phi) is 6.01.